The zero-order chi connectivity index (χ0) is 14.6. The van der Waals surface area contributed by atoms with Crippen molar-refractivity contribution in [2.24, 2.45) is 5.92 Å². The fourth-order valence-electron chi connectivity index (χ4n) is 1.85. The van der Waals surface area contributed by atoms with E-state index in [4.69, 9.17) is 0 Å². The van der Waals surface area contributed by atoms with E-state index < -0.39 is 10.0 Å². The van der Waals surface area contributed by atoms with Crippen LogP contribution in [0.25, 0.3) is 0 Å². The molecule has 1 aliphatic carbocycles. The molecule has 1 aromatic rings. The Balaban J connectivity index is 1.89. The highest BCUT2D eigenvalue weighted by Crippen LogP contribution is 2.28. The minimum Gasteiger partial charge on any atom is -0.355 e. The molecule has 110 valence electrons. The third kappa shape index (κ3) is 4.57. The van der Waals surface area contributed by atoms with E-state index in [2.05, 4.69) is 10.3 Å². The first-order valence-corrected chi connectivity index (χ1v) is 8.43. The molecule has 1 saturated carbocycles. The number of carbonyl (C=O) groups is 1. The summed E-state index contributed by atoms with van der Waals surface area (Å²) >= 11 is 0. The Labute approximate surface area is 119 Å². The van der Waals surface area contributed by atoms with Gasteiger partial charge in [-0.1, -0.05) is 0 Å². The van der Waals surface area contributed by atoms with E-state index in [0.717, 1.165) is 18.4 Å². The zero-order valence-corrected chi connectivity index (χ0v) is 12.3. The highest BCUT2D eigenvalue weighted by Gasteiger charge is 2.29. The Morgan fingerprint density at radius 1 is 1.40 bits per heavy atom. The first kappa shape index (κ1) is 14.9. The molecule has 0 atom stereocenters. The summed E-state index contributed by atoms with van der Waals surface area (Å²) in [5, 5.41) is 2.78. The van der Waals surface area contributed by atoms with E-state index >= 15 is 0 Å². The maximum absolute atomic E-state index is 11.8. The van der Waals surface area contributed by atoms with Crippen LogP contribution in [-0.4, -0.2) is 43.0 Å². The summed E-state index contributed by atoms with van der Waals surface area (Å²) in [4.78, 5) is 15.4. The number of rotatable bonds is 7. The molecule has 0 radical (unpaired) electrons. The summed E-state index contributed by atoms with van der Waals surface area (Å²) in [7, 11) is -3.30. The summed E-state index contributed by atoms with van der Waals surface area (Å²) in [6.45, 7) is 0.910. The minimum absolute atomic E-state index is 0.0300. The van der Waals surface area contributed by atoms with Gasteiger partial charge in [0, 0.05) is 37.9 Å². The molecule has 2 rings (SSSR count). The smallest absolute Gasteiger partial charge is 0.223 e. The molecule has 20 heavy (non-hydrogen) atoms. The number of hydrogen-bond donors (Lipinski definition) is 1. The summed E-state index contributed by atoms with van der Waals surface area (Å²) in [5.41, 5.74) is 0.874. The van der Waals surface area contributed by atoms with Gasteiger partial charge in [-0.15, -0.1) is 0 Å². The van der Waals surface area contributed by atoms with Gasteiger partial charge in [-0.25, -0.2) is 8.42 Å². The number of amides is 1. The molecule has 1 N–H and O–H groups in total. The van der Waals surface area contributed by atoms with E-state index in [1.807, 2.05) is 0 Å². The van der Waals surface area contributed by atoms with Gasteiger partial charge in [0.1, 0.15) is 0 Å². The number of pyridine rings is 1. The Kier molecular flexibility index (Phi) is 4.72. The molecular formula is C13H19N3O3S. The SMILES string of the molecule is CS(=O)(=O)N(CCNC(=O)C1CC1)Cc1ccncc1. The monoisotopic (exact) mass is 297 g/mol. The van der Waals surface area contributed by atoms with Gasteiger partial charge in [0.15, 0.2) is 0 Å². The van der Waals surface area contributed by atoms with Gasteiger partial charge in [-0.2, -0.15) is 4.31 Å². The standard InChI is InChI=1S/C13H19N3O3S/c1-20(18,19)16(10-11-4-6-14-7-5-11)9-8-15-13(17)12-2-3-12/h4-7,12H,2-3,8-10H2,1H3,(H,15,17). The van der Waals surface area contributed by atoms with E-state index in [1.165, 1.54) is 10.6 Å². The number of aromatic nitrogens is 1. The Morgan fingerprint density at radius 3 is 2.60 bits per heavy atom. The van der Waals surface area contributed by atoms with Crippen molar-refractivity contribution in [2.75, 3.05) is 19.3 Å². The van der Waals surface area contributed by atoms with Gasteiger partial charge in [-0.3, -0.25) is 9.78 Å². The molecule has 1 heterocycles. The Morgan fingerprint density at radius 2 is 2.05 bits per heavy atom. The van der Waals surface area contributed by atoms with Gasteiger partial charge >= 0.3 is 0 Å². The fraction of sp³-hybridized carbons (Fsp3) is 0.538. The van der Waals surface area contributed by atoms with Crippen LogP contribution in [0.2, 0.25) is 0 Å². The van der Waals surface area contributed by atoms with E-state index in [0.29, 0.717) is 13.1 Å². The van der Waals surface area contributed by atoms with Crippen molar-refractivity contribution in [3.05, 3.63) is 30.1 Å². The molecule has 6 nitrogen and oxygen atoms in total. The minimum atomic E-state index is -3.30. The summed E-state index contributed by atoms with van der Waals surface area (Å²) in [6.07, 6.45) is 6.32. The van der Waals surface area contributed by atoms with Gasteiger partial charge in [0.25, 0.3) is 0 Å². The van der Waals surface area contributed by atoms with Crippen molar-refractivity contribution in [3.8, 4) is 0 Å². The maximum atomic E-state index is 11.8. The van der Waals surface area contributed by atoms with E-state index in [-0.39, 0.29) is 18.4 Å². The molecule has 1 aromatic heterocycles. The van der Waals surface area contributed by atoms with Crippen molar-refractivity contribution in [1.82, 2.24) is 14.6 Å². The Hall–Kier alpha value is -1.47. The first-order chi connectivity index (χ1) is 9.47. The number of nitrogens with one attached hydrogen (secondary N) is 1. The summed E-state index contributed by atoms with van der Waals surface area (Å²) in [5.74, 6) is 0.171. The van der Waals surface area contributed by atoms with Gasteiger partial charge < -0.3 is 5.32 Å². The lowest BCUT2D eigenvalue weighted by Crippen LogP contribution is -2.38. The number of hydrogen-bond acceptors (Lipinski definition) is 4. The number of nitrogens with zero attached hydrogens (tertiary/aromatic N) is 2. The van der Waals surface area contributed by atoms with Crippen LogP contribution in [-0.2, 0) is 21.4 Å². The third-order valence-electron chi connectivity index (χ3n) is 3.19. The molecule has 1 aliphatic rings. The lowest BCUT2D eigenvalue weighted by molar-refractivity contribution is -0.122. The molecule has 0 aromatic carbocycles. The van der Waals surface area contributed by atoms with E-state index in [1.54, 1.807) is 24.5 Å². The number of carbonyl (C=O) groups excluding carboxylic acids is 1. The quantitative estimate of drug-likeness (QED) is 0.788. The third-order valence-corrected chi connectivity index (χ3v) is 4.44. The molecule has 0 unspecified atom stereocenters. The van der Waals surface area contributed by atoms with Crippen molar-refractivity contribution in [2.45, 2.75) is 19.4 Å². The van der Waals surface area contributed by atoms with Crippen LogP contribution in [0.5, 0.6) is 0 Å². The van der Waals surface area contributed by atoms with Crippen LogP contribution in [0.15, 0.2) is 24.5 Å². The maximum Gasteiger partial charge on any atom is 0.223 e. The van der Waals surface area contributed by atoms with Crippen molar-refractivity contribution in [3.63, 3.8) is 0 Å². The van der Waals surface area contributed by atoms with Crippen LogP contribution >= 0.6 is 0 Å². The van der Waals surface area contributed by atoms with Gasteiger partial charge in [-0.05, 0) is 30.5 Å². The summed E-state index contributed by atoms with van der Waals surface area (Å²) in [6, 6.07) is 3.56. The molecule has 0 spiro atoms. The second-order valence-corrected chi connectivity index (χ2v) is 7.00. The number of sulfonamides is 1. The predicted molar refractivity (Wildman–Crippen MR) is 75.2 cm³/mol. The van der Waals surface area contributed by atoms with Crippen LogP contribution in [0.3, 0.4) is 0 Å². The second kappa shape index (κ2) is 6.32. The Bertz CT molecular complexity index is 555. The molecule has 0 saturated heterocycles. The highest BCUT2D eigenvalue weighted by atomic mass is 32.2. The average molecular weight is 297 g/mol. The molecule has 0 aliphatic heterocycles. The zero-order valence-electron chi connectivity index (χ0n) is 11.4. The van der Waals surface area contributed by atoms with Gasteiger partial charge in [0.05, 0.1) is 6.26 Å². The fourth-order valence-corrected chi connectivity index (χ4v) is 2.65. The topological polar surface area (TPSA) is 79.4 Å². The predicted octanol–water partition coefficient (Wildman–Crippen LogP) is 0.369. The largest absolute Gasteiger partial charge is 0.355 e. The highest BCUT2D eigenvalue weighted by molar-refractivity contribution is 7.88. The molecule has 0 bridgehead atoms. The molecule has 1 amide bonds. The molecule has 1 fully saturated rings. The molecular weight excluding hydrogens is 278 g/mol. The van der Waals surface area contributed by atoms with Crippen LogP contribution < -0.4 is 5.32 Å². The van der Waals surface area contributed by atoms with Crippen molar-refractivity contribution < 1.29 is 13.2 Å². The summed E-state index contributed by atoms with van der Waals surface area (Å²) < 4.78 is 24.9. The normalized spacial score (nSPS) is 15.3. The lowest BCUT2D eigenvalue weighted by Gasteiger charge is -2.20. The van der Waals surface area contributed by atoms with Crippen molar-refractivity contribution in [1.29, 1.82) is 0 Å². The first-order valence-electron chi connectivity index (χ1n) is 6.58. The molecule has 7 heteroatoms. The van der Waals surface area contributed by atoms with Crippen LogP contribution in [0, 0.1) is 5.92 Å². The lowest BCUT2D eigenvalue weighted by atomic mass is 10.3. The van der Waals surface area contributed by atoms with Crippen LogP contribution in [0.4, 0.5) is 0 Å². The second-order valence-electron chi connectivity index (χ2n) is 5.02. The van der Waals surface area contributed by atoms with E-state index in [9.17, 15) is 13.2 Å². The van der Waals surface area contributed by atoms with Crippen LogP contribution in [0.1, 0.15) is 18.4 Å². The van der Waals surface area contributed by atoms with Gasteiger partial charge in [0.2, 0.25) is 15.9 Å². The van der Waals surface area contributed by atoms with Crippen molar-refractivity contribution >= 4 is 15.9 Å². The average Bonchev–Trinajstić information content (AvgIpc) is 3.21.